The van der Waals surface area contributed by atoms with Crippen molar-refractivity contribution in [2.45, 2.75) is 0 Å². The SMILES string of the molecule is O=C(Nc1cccc(I)c1)c1cn[nH]c1-c1ccc2c(c1)OCO2. The fourth-order valence-electron chi connectivity index (χ4n) is 2.50. The second-order valence-corrected chi connectivity index (χ2v) is 6.44. The number of nitrogens with zero attached hydrogens (tertiary/aromatic N) is 1. The lowest BCUT2D eigenvalue weighted by atomic mass is 10.1. The topological polar surface area (TPSA) is 76.2 Å². The molecule has 1 aliphatic rings. The first kappa shape index (κ1) is 15.0. The highest BCUT2D eigenvalue weighted by molar-refractivity contribution is 14.1. The molecule has 2 N–H and O–H groups in total. The molecule has 1 aliphatic heterocycles. The Hall–Kier alpha value is -2.55. The summed E-state index contributed by atoms with van der Waals surface area (Å²) in [6, 6.07) is 13.1. The van der Waals surface area contributed by atoms with Gasteiger partial charge in [-0.1, -0.05) is 6.07 Å². The molecule has 0 bridgehead atoms. The fourth-order valence-corrected chi connectivity index (χ4v) is 3.04. The van der Waals surface area contributed by atoms with Crippen molar-refractivity contribution < 1.29 is 14.3 Å². The van der Waals surface area contributed by atoms with Crippen molar-refractivity contribution in [3.05, 3.63) is 57.8 Å². The van der Waals surface area contributed by atoms with E-state index in [2.05, 4.69) is 38.1 Å². The van der Waals surface area contributed by atoms with Crippen LogP contribution < -0.4 is 14.8 Å². The molecule has 0 saturated heterocycles. The second kappa shape index (κ2) is 6.16. The minimum absolute atomic E-state index is 0.210. The summed E-state index contributed by atoms with van der Waals surface area (Å²) in [7, 11) is 0. The molecule has 0 unspecified atom stereocenters. The minimum atomic E-state index is -0.224. The molecule has 0 saturated carbocycles. The molecular weight excluding hydrogens is 421 g/mol. The zero-order valence-corrected chi connectivity index (χ0v) is 14.5. The molecule has 0 atom stereocenters. The van der Waals surface area contributed by atoms with Gasteiger partial charge in [-0.2, -0.15) is 5.10 Å². The first-order valence-corrected chi connectivity index (χ1v) is 8.29. The Bertz CT molecular complexity index is 923. The van der Waals surface area contributed by atoms with E-state index in [1.165, 1.54) is 6.20 Å². The predicted molar refractivity (Wildman–Crippen MR) is 97.3 cm³/mol. The molecular formula is C17H12IN3O3. The van der Waals surface area contributed by atoms with Crippen LogP contribution in [0.2, 0.25) is 0 Å². The van der Waals surface area contributed by atoms with Crippen LogP contribution in [-0.4, -0.2) is 22.9 Å². The normalized spacial score (nSPS) is 12.2. The molecule has 24 heavy (non-hydrogen) atoms. The number of halogens is 1. The number of hydrogen-bond donors (Lipinski definition) is 2. The van der Waals surface area contributed by atoms with Crippen molar-refractivity contribution in [1.29, 1.82) is 0 Å². The summed E-state index contributed by atoms with van der Waals surface area (Å²) in [4.78, 5) is 12.6. The monoisotopic (exact) mass is 433 g/mol. The van der Waals surface area contributed by atoms with Crippen molar-refractivity contribution in [2.75, 3.05) is 12.1 Å². The predicted octanol–water partition coefficient (Wildman–Crippen LogP) is 3.66. The lowest BCUT2D eigenvalue weighted by molar-refractivity contribution is 0.102. The van der Waals surface area contributed by atoms with Crippen LogP contribution >= 0.6 is 22.6 Å². The van der Waals surface area contributed by atoms with E-state index in [0.717, 1.165) is 14.8 Å². The quantitative estimate of drug-likeness (QED) is 0.619. The molecule has 6 nitrogen and oxygen atoms in total. The van der Waals surface area contributed by atoms with Gasteiger partial charge in [-0.25, -0.2) is 0 Å². The number of fused-ring (bicyclic) bond motifs is 1. The number of benzene rings is 2. The van der Waals surface area contributed by atoms with Gasteiger partial charge in [-0.15, -0.1) is 0 Å². The molecule has 1 amide bonds. The van der Waals surface area contributed by atoms with E-state index in [1.54, 1.807) is 0 Å². The molecule has 3 aromatic rings. The molecule has 7 heteroatoms. The number of carbonyl (C=O) groups excluding carboxylic acids is 1. The van der Waals surface area contributed by atoms with Gasteiger partial charge in [0.05, 0.1) is 17.5 Å². The Kier molecular flexibility index (Phi) is 3.85. The van der Waals surface area contributed by atoms with E-state index in [-0.39, 0.29) is 12.7 Å². The fraction of sp³-hybridized carbons (Fsp3) is 0.0588. The van der Waals surface area contributed by atoms with E-state index >= 15 is 0 Å². The highest BCUT2D eigenvalue weighted by Gasteiger charge is 2.19. The zero-order valence-electron chi connectivity index (χ0n) is 12.4. The van der Waals surface area contributed by atoms with E-state index in [1.807, 2.05) is 42.5 Å². The van der Waals surface area contributed by atoms with Gasteiger partial charge in [0.25, 0.3) is 5.91 Å². The smallest absolute Gasteiger partial charge is 0.259 e. The van der Waals surface area contributed by atoms with E-state index in [4.69, 9.17) is 9.47 Å². The van der Waals surface area contributed by atoms with E-state index in [9.17, 15) is 4.79 Å². The summed E-state index contributed by atoms with van der Waals surface area (Å²) in [6.45, 7) is 0.210. The van der Waals surface area contributed by atoms with Crippen LogP contribution in [0.15, 0.2) is 48.7 Å². The number of amides is 1. The van der Waals surface area contributed by atoms with Crippen molar-refractivity contribution >= 4 is 34.2 Å². The van der Waals surface area contributed by atoms with Gasteiger partial charge in [-0.05, 0) is 59.0 Å². The molecule has 4 rings (SSSR count). The maximum Gasteiger partial charge on any atom is 0.259 e. The van der Waals surface area contributed by atoms with Gasteiger partial charge in [0.2, 0.25) is 6.79 Å². The molecule has 2 aromatic carbocycles. The maximum atomic E-state index is 12.6. The average Bonchev–Trinajstić information content (AvgIpc) is 3.23. The third-order valence-electron chi connectivity index (χ3n) is 3.63. The first-order valence-electron chi connectivity index (χ1n) is 7.21. The summed E-state index contributed by atoms with van der Waals surface area (Å²) < 4.78 is 11.7. The number of hydrogen-bond acceptors (Lipinski definition) is 4. The number of ether oxygens (including phenoxy) is 2. The minimum Gasteiger partial charge on any atom is -0.454 e. The summed E-state index contributed by atoms with van der Waals surface area (Å²) in [5, 5.41) is 9.78. The summed E-state index contributed by atoms with van der Waals surface area (Å²) >= 11 is 2.20. The van der Waals surface area contributed by atoms with Gasteiger partial charge in [0.1, 0.15) is 0 Å². The first-order chi connectivity index (χ1) is 11.7. The lowest BCUT2D eigenvalue weighted by Gasteiger charge is -2.07. The summed E-state index contributed by atoms with van der Waals surface area (Å²) in [6.07, 6.45) is 1.52. The Morgan fingerprint density at radius 3 is 2.92 bits per heavy atom. The third kappa shape index (κ3) is 2.82. The Morgan fingerprint density at radius 1 is 1.17 bits per heavy atom. The molecule has 1 aromatic heterocycles. The Morgan fingerprint density at radius 2 is 2.04 bits per heavy atom. The third-order valence-corrected chi connectivity index (χ3v) is 4.30. The van der Waals surface area contributed by atoms with Crippen molar-refractivity contribution in [3.63, 3.8) is 0 Å². The Balaban J connectivity index is 1.63. The van der Waals surface area contributed by atoms with Crippen LogP contribution in [-0.2, 0) is 0 Å². The molecule has 0 aliphatic carbocycles. The number of nitrogens with one attached hydrogen (secondary N) is 2. The number of aromatic nitrogens is 2. The zero-order chi connectivity index (χ0) is 16.5. The van der Waals surface area contributed by atoms with Crippen LogP contribution in [0, 0.1) is 3.57 Å². The van der Waals surface area contributed by atoms with E-state index in [0.29, 0.717) is 22.8 Å². The standard InChI is InChI=1S/C17H12IN3O3/c18-11-2-1-3-12(7-11)20-17(22)13-8-19-21-16(13)10-4-5-14-15(6-10)24-9-23-14/h1-8H,9H2,(H,19,21)(H,20,22). The number of H-pyrrole nitrogens is 1. The van der Waals surface area contributed by atoms with Gasteiger partial charge < -0.3 is 14.8 Å². The van der Waals surface area contributed by atoms with E-state index < -0.39 is 0 Å². The molecule has 0 spiro atoms. The van der Waals surface area contributed by atoms with Gasteiger partial charge >= 0.3 is 0 Å². The number of carbonyl (C=O) groups is 1. The van der Waals surface area contributed by atoms with Crippen LogP contribution in [0.25, 0.3) is 11.3 Å². The van der Waals surface area contributed by atoms with Crippen LogP contribution in [0.4, 0.5) is 5.69 Å². The number of rotatable bonds is 3. The molecule has 120 valence electrons. The van der Waals surface area contributed by atoms with Crippen molar-refractivity contribution in [1.82, 2.24) is 10.2 Å². The van der Waals surface area contributed by atoms with Crippen LogP contribution in [0.3, 0.4) is 0 Å². The van der Waals surface area contributed by atoms with Crippen molar-refractivity contribution in [3.8, 4) is 22.8 Å². The Labute approximate surface area is 151 Å². The van der Waals surface area contributed by atoms with Crippen molar-refractivity contribution in [2.24, 2.45) is 0 Å². The highest BCUT2D eigenvalue weighted by atomic mass is 127. The average molecular weight is 433 g/mol. The lowest BCUT2D eigenvalue weighted by Crippen LogP contribution is -2.12. The molecule has 0 fully saturated rings. The number of aromatic amines is 1. The summed E-state index contributed by atoms with van der Waals surface area (Å²) in [5.74, 6) is 1.13. The maximum absolute atomic E-state index is 12.6. The van der Waals surface area contributed by atoms with Gasteiger partial charge in [0.15, 0.2) is 11.5 Å². The van der Waals surface area contributed by atoms with Crippen LogP contribution in [0.5, 0.6) is 11.5 Å². The largest absolute Gasteiger partial charge is 0.454 e. The van der Waals surface area contributed by atoms with Crippen LogP contribution in [0.1, 0.15) is 10.4 Å². The van der Waals surface area contributed by atoms with Gasteiger partial charge in [-0.3, -0.25) is 9.89 Å². The molecule has 0 radical (unpaired) electrons. The highest BCUT2D eigenvalue weighted by Crippen LogP contribution is 2.36. The number of anilines is 1. The second-order valence-electron chi connectivity index (χ2n) is 5.19. The summed E-state index contributed by atoms with van der Waals surface area (Å²) in [5.41, 5.74) is 2.65. The molecule has 2 heterocycles. The van der Waals surface area contributed by atoms with Gasteiger partial charge in [0, 0.05) is 14.8 Å².